The molecular formula is C17H16FNO2. The van der Waals surface area contributed by atoms with Gasteiger partial charge in [-0.1, -0.05) is 24.3 Å². The van der Waals surface area contributed by atoms with E-state index >= 15 is 0 Å². The second-order valence-corrected chi connectivity index (χ2v) is 4.87. The highest BCUT2D eigenvalue weighted by molar-refractivity contribution is 5.70. The molecule has 2 aromatic carbocycles. The zero-order chi connectivity index (χ0) is 14.7. The Kier molecular flexibility index (Phi) is 3.88. The van der Waals surface area contributed by atoms with Gasteiger partial charge in [-0.2, -0.15) is 0 Å². The van der Waals surface area contributed by atoms with Crippen LogP contribution in [0.4, 0.5) is 4.39 Å². The summed E-state index contributed by atoms with van der Waals surface area (Å²) >= 11 is 0. The molecule has 1 heterocycles. The van der Waals surface area contributed by atoms with Gasteiger partial charge in [0.2, 0.25) is 0 Å². The van der Waals surface area contributed by atoms with E-state index in [0.29, 0.717) is 6.42 Å². The van der Waals surface area contributed by atoms with Crippen molar-refractivity contribution < 1.29 is 14.0 Å². The van der Waals surface area contributed by atoms with Crippen molar-refractivity contribution in [2.75, 3.05) is 7.11 Å². The number of halogens is 1. The van der Waals surface area contributed by atoms with Crippen LogP contribution in [-0.2, 0) is 11.3 Å². The maximum absolute atomic E-state index is 12.9. The molecule has 0 saturated heterocycles. The quantitative estimate of drug-likeness (QED) is 0.934. The highest BCUT2D eigenvalue weighted by Gasteiger charge is 2.19. The van der Waals surface area contributed by atoms with Gasteiger partial charge in [-0.25, -0.2) is 4.39 Å². The minimum atomic E-state index is -0.227. The van der Waals surface area contributed by atoms with E-state index < -0.39 is 0 Å². The van der Waals surface area contributed by atoms with Crippen LogP contribution in [0.15, 0.2) is 54.6 Å². The monoisotopic (exact) mass is 285 g/mol. The van der Waals surface area contributed by atoms with Gasteiger partial charge in [-0.3, -0.25) is 10.3 Å². The van der Waals surface area contributed by atoms with Gasteiger partial charge in [0.05, 0.1) is 12.8 Å². The normalized spacial score (nSPS) is 17.2. The molecule has 1 aliphatic heterocycles. The maximum Gasteiger partial charge on any atom is 0.128 e. The lowest BCUT2D eigenvalue weighted by Gasteiger charge is -2.09. The van der Waals surface area contributed by atoms with Crippen LogP contribution >= 0.6 is 0 Å². The molecule has 0 aliphatic carbocycles. The van der Waals surface area contributed by atoms with Crippen LogP contribution in [0.25, 0.3) is 5.70 Å². The third-order valence-electron chi connectivity index (χ3n) is 3.42. The summed E-state index contributed by atoms with van der Waals surface area (Å²) in [5.41, 5.74) is 5.81. The summed E-state index contributed by atoms with van der Waals surface area (Å²) in [5, 5.41) is 0. The number of ether oxygens (including phenoxy) is 1. The van der Waals surface area contributed by atoms with Gasteiger partial charge in [0, 0.05) is 12.0 Å². The van der Waals surface area contributed by atoms with Crippen LogP contribution in [0.1, 0.15) is 11.1 Å². The van der Waals surface area contributed by atoms with E-state index in [9.17, 15) is 4.39 Å². The zero-order valence-corrected chi connectivity index (χ0v) is 11.7. The lowest BCUT2D eigenvalue weighted by molar-refractivity contribution is 0.0519. The predicted octanol–water partition coefficient (Wildman–Crippen LogP) is 3.32. The Morgan fingerprint density at radius 2 is 1.90 bits per heavy atom. The van der Waals surface area contributed by atoms with Crippen LogP contribution in [0.5, 0.6) is 5.75 Å². The van der Waals surface area contributed by atoms with E-state index in [2.05, 4.69) is 5.48 Å². The highest BCUT2D eigenvalue weighted by atomic mass is 19.1. The van der Waals surface area contributed by atoms with Crippen LogP contribution in [0, 0.1) is 5.82 Å². The molecular weight excluding hydrogens is 269 g/mol. The van der Waals surface area contributed by atoms with E-state index in [4.69, 9.17) is 9.57 Å². The van der Waals surface area contributed by atoms with Crippen molar-refractivity contribution >= 4 is 5.70 Å². The number of para-hydroxylation sites is 1. The Bertz CT molecular complexity index is 652. The van der Waals surface area contributed by atoms with E-state index in [1.807, 2.05) is 30.3 Å². The average molecular weight is 285 g/mol. The van der Waals surface area contributed by atoms with Crippen LogP contribution in [0.2, 0.25) is 0 Å². The first-order valence-corrected chi connectivity index (χ1v) is 6.77. The van der Waals surface area contributed by atoms with E-state index in [1.54, 1.807) is 19.2 Å². The largest absolute Gasteiger partial charge is 0.496 e. The third kappa shape index (κ3) is 3.06. The van der Waals surface area contributed by atoms with Crippen LogP contribution in [-0.4, -0.2) is 13.2 Å². The smallest absolute Gasteiger partial charge is 0.128 e. The van der Waals surface area contributed by atoms with Crippen molar-refractivity contribution in [3.63, 3.8) is 0 Å². The van der Waals surface area contributed by atoms with Crippen molar-refractivity contribution in [3.05, 3.63) is 71.6 Å². The van der Waals surface area contributed by atoms with Crippen LogP contribution < -0.4 is 10.2 Å². The summed E-state index contributed by atoms with van der Waals surface area (Å²) in [6.07, 6.45) is 2.61. The standard InChI is InChI=1S/C17H16FNO2/c1-20-17-5-3-2-4-15(17)16-11-14(21-19-16)10-12-6-8-13(18)9-7-12/h2-9,11,14,19H,10H2,1H3. The number of hydrogen-bond acceptors (Lipinski definition) is 3. The lowest BCUT2D eigenvalue weighted by Crippen LogP contribution is -2.14. The van der Waals surface area contributed by atoms with Gasteiger partial charge in [0.1, 0.15) is 17.7 Å². The van der Waals surface area contributed by atoms with Gasteiger partial charge in [-0.15, -0.1) is 0 Å². The number of methoxy groups -OCH3 is 1. The van der Waals surface area contributed by atoms with Gasteiger partial charge < -0.3 is 4.74 Å². The molecule has 1 N–H and O–H groups in total. The van der Waals surface area contributed by atoms with Gasteiger partial charge in [0.25, 0.3) is 0 Å². The second kappa shape index (κ2) is 5.97. The summed E-state index contributed by atoms with van der Waals surface area (Å²) in [6.45, 7) is 0. The first kappa shape index (κ1) is 13.6. The number of nitrogens with one attached hydrogen (secondary N) is 1. The Labute approximate surface area is 123 Å². The molecule has 1 unspecified atom stereocenters. The molecule has 0 fully saturated rings. The lowest BCUT2D eigenvalue weighted by atomic mass is 10.1. The molecule has 0 aromatic heterocycles. The Morgan fingerprint density at radius 1 is 1.14 bits per heavy atom. The van der Waals surface area contributed by atoms with Crippen LogP contribution in [0.3, 0.4) is 0 Å². The number of rotatable bonds is 4. The number of hydroxylamine groups is 1. The summed E-state index contributed by atoms with van der Waals surface area (Å²) < 4.78 is 18.2. The van der Waals surface area contributed by atoms with Crippen molar-refractivity contribution in [1.82, 2.24) is 5.48 Å². The highest BCUT2D eigenvalue weighted by Crippen LogP contribution is 2.27. The minimum Gasteiger partial charge on any atom is -0.496 e. The van der Waals surface area contributed by atoms with Gasteiger partial charge in [0.15, 0.2) is 0 Å². The molecule has 0 amide bonds. The van der Waals surface area contributed by atoms with Crippen molar-refractivity contribution in [2.45, 2.75) is 12.5 Å². The molecule has 0 bridgehead atoms. The number of hydrogen-bond donors (Lipinski definition) is 1. The number of benzene rings is 2. The SMILES string of the molecule is COc1ccccc1C1=CC(Cc2ccc(F)cc2)ON1. The molecule has 0 saturated carbocycles. The van der Waals surface area contributed by atoms with E-state index in [0.717, 1.165) is 22.6 Å². The average Bonchev–Trinajstić information content (AvgIpc) is 2.98. The summed E-state index contributed by atoms with van der Waals surface area (Å²) in [5.74, 6) is 0.566. The summed E-state index contributed by atoms with van der Waals surface area (Å²) in [6, 6.07) is 14.2. The molecule has 1 aliphatic rings. The van der Waals surface area contributed by atoms with E-state index in [1.165, 1.54) is 12.1 Å². The molecule has 0 radical (unpaired) electrons. The molecule has 21 heavy (non-hydrogen) atoms. The summed E-state index contributed by atoms with van der Waals surface area (Å²) in [4.78, 5) is 5.56. The fourth-order valence-electron chi connectivity index (χ4n) is 2.36. The van der Waals surface area contributed by atoms with E-state index in [-0.39, 0.29) is 11.9 Å². The Balaban J connectivity index is 1.76. The fraction of sp³-hybridized carbons (Fsp3) is 0.176. The molecule has 4 heteroatoms. The Hall–Kier alpha value is -2.33. The predicted molar refractivity (Wildman–Crippen MR) is 79.1 cm³/mol. The summed E-state index contributed by atoms with van der Waals surface area (Å²) in [7, 11) is 1.64. The first-order valence-electron chi connectivity index (χ1n) is 6.77. The molecule has 3 rings (SSSR count). The van der Waals surface area contributed by atoms with Crippen molar-refractivity contribution in [3.8, 4) is 5.75 Å². The third-order valence-corrected chi connectivity index (χ3v) is 3.42. The zero-order valence-electron chi connectivity index (χ0n) is 11.7. The molecule has 0 spiro atoms. The fourth-order valence-corrected chi connectivity index (χ4v) is 2.36. The Morgan fingerprint density at radius 3 is 2.67 bits per heavy atom. The molecule has 3 nitrogen and oxygen atoms in total. The van der Waals surface area contributed by atoms with Gasteiger partial charge in [-0.05, 0) is 35.9 Å². The van der Waals surface area contributed by atoms with Crippen molar-refractivity contribution in [2.24, 2.45) is 0 Å². The minimum absolute atomic E-state index is 0.0876. The molecule has 1 atom stereocenters. The van der Waals surface area contributed by atoms with Crippen molar-refractivity contribution in [1.29, 1.82) is 0 Å². The first-order chi connectivity index (χ1) is 10.3. The maximum atomic E-state index is 12.9. The second-order valence-electron chi connectivity index (χ2n) is 4.87. The van der Waals surface area contributed by atoms with Gasteiger partial charge >= 0.3 is 0 Å². The topological polar surface area (TPSA) is 30.5 Å². The molecule has 108 valence electrons. The molecule has 2 aromatic rings.